The molecule has 0 radical (unpaired) electrons. The van der Waals surface area contributed by atoms with E-state index in [1.807, 2.05) is 0 Å². The van der Waals surface area contributed by atoms with Gasteiger partial charge in [0.25, 0.3) is 0 Å². The second-order valence-electron chi connectivity index (χ2n) is 3.13. The first-order chi connectivity index (χ1) is 7.65. The first-order valence-corrected chi connectivity index (χ1v) is 5.33. The summed E-state index contributed by atoms with van der Waals surface area (Å²) in [4.78, 5) is 0. The zero-order valence-electron chi connectivity index (χ0n) is 8.08. The SMILES string of the molecule is Fc1cccc(Oc2cc(Br)ccc2F)c1. The number of benzene rings is 2. The van der Waals surface area contributed by atoms with Crippen molar-refractivity contribution in [2.45, 2.75) is 0 Å². The highest BCUT2D eigenvalue weighted by Gasteiger charge is 2.05. The van der Waals surface area contributed by atoms with E-state index in [9.17, 15) is 8.78 Å². The Labute approximate surface area is 99.8 Å². The number of halogens is 3. The Morgan fingerprint density at radius 3 is 2.56 bits per heavy atom. The second-order valence-corrected chi connectivity index (χ2v) is 4.05. The van der Waals surface area contributed by atoms with Crippen molar-refractivity contribution in [2.75, 3.05) is 0 Å². The van der Waals surface area contributed by atoms with E-state index in [0.717, 1.165) is 0 Å². The molecule has 0 heterocycles. The summed E-state index contributed by atoms with van der Waals surface area (Å²) in [5, 5.41) is 0. The predicted octanol–water partition coefficient (Wildman–Crippen LogP) is 4.52. The maximum absolute atomic E-state index is 13.3. The van der Waals surface area contributed by atoms with Gasteiger partial charge in [-0.1, -0.05) is 22.0 Å². The lowest BCUT2D eigenvalue weighted by Gasteiger charge is -2.06. The van der Waals surface area contributed by atoms with Crippen molar-refractivity contribution in [3.63, 3.8) is 0 Å². The van der Waals surface area contributed by atoms with Crippen molar-refractivity contribution in [1.29, 1.82) is 0 Å². The van der Waals surface area contributed by atoms with Gasteiger partial charge >= 0.3 is 0 Å². The third-order valence-corrected chi connectivity index (χ3v) is 2.41. The van der Waals surface area contributed by atoms with Crippen LogP contribution < -0.4 is 4.74 Å². The molecule has 0 fully saturated rings. The van der Waals surface area contributed by atoms with Crippen LogP contribution in [-0.2, 0) is 0 Å². The quantitative estimate of drug-likeness (QED) is 0.788. The minimum atomic E-state index is -0.493. The van der Waals surface area contributed by atoms with Crippen molar-refractivity contribution in [1.82, 2.24) is 0 Å². The van der Waals surface area contributed by atoms with Crippen LogP contribution in [-0.4, -0.2) is 0 Å². The zero-order chi connectivity index (χ0) is 11.5. The molecule has 2 rings (SSSR count). The normalized spacial score (nSPS) is 10.2. The molecule has 0 amide bonds. The molecular weight excluding hydrogens is 278 g/mol. The van der Waals surface area contributed by atoms with Crippen LogP contribution >= 0.6 is 15.9 Å². The van der Waals surface area contributed by atoms with Crippen LogP contribution in [0.2, 0.25) is 0 Å². The first kappa shape index (κ1) is 11.1. The monoisotopic (exact) mass is 284 g/mol. The maximum atomic E-state index is 13.3. The summed E-state index contributed by atoms with van der Waals surface area (Å²) in [5.41, 5.74) is 0. The van der Waals surface area contributed by atoms with Gasteiger partial charge in [0.05, 0.1) is 0 Å². The standard InChI is InChI=1S/C12H7BrF2O/c13-8-4-5-11(15)12(6-8)16-10-3-1-2-9(14)7-10/h1-7H. The third-order valence-electron chi connectivity index (χ3n) is 1.92. The summed E-state index contributed by atoms with van der Waals surface area (Å²) in [5.74, 6) is -0.600. The molecule has 2 aromatic rings. The number of rotatable bonds is 2. The summed E-state index contributed by atoms with van der Waals surface area (Å²) < 4.78 is 32.1. The lowest BCUT2D eigenvalue weighted by atomic mass is 10.3. The van der Waals surface area contributed by atoms with Crippen LogP contribution in [0, 0.1) is 11.6 Å². The molecular formula is C12H7BrF2O. The first-order valence-electron chi connectivity index (χ1n) is 4.53. The Morgan fingerprint density at radius 2 is 1.81 bits per heavy atom. The van der Waals surface area contributed by atoms with Crippen molar-refractivity contribution in [3.05, 3.63) is 58.6 Å². The molecule has 0 aliphatic rings. The number of hydrogen-bond acceptors (Lipinski definition) is 1. The van der Waals surface area contributed by atoms with E-state index >= 15 is 0 Å². The van der Waals surface area contributed by atoms with Crippen LogP contribution in [0.4, 0.5) is 8.78 Å². The zero-order valence-corrected chi connectivity index (χ0v) is 9.67. The molecule has 16 heavy (non-hydrogen) atoms. The Kier molecular flexibility index (Phi) is 3.19. The molecule has 0 unspecified atom stereocenters. The van der Waals surface area contributed by atoms with Crippen molar-refractivity contribution < 1.29 is 13.5 Å². The van der Waals surface area contributed by atoms with E-state index < -0.39 is 11.6 Å². The molecule has 4 heteroatoms. The Morgan fingerprint density at radius 1 is 1.00 bits per heavy atom. The van der Waals surface area contributed by atoms with Crippen LogP contribution in [0.25, 0.3) is 0 Å². The molecule has 0 aromatic heterocycles. The van der Waals surface area contributed by atoms with Gasteiger partial charge in [0.2, 0.25) is 0 Å². The van der Waals surface area contributed by atoms with Crippen LogP contribution in [0.15, 0.2) is 46.9 Å². The molecule has 0 N–H and O–H groups in total. The van der Waals surface area contributed by atoms with Crippen molar-refractivity contribution >= 4 is 15.9 Å². The molecule has 0 atom stereocenters. The van der Waals surface area contributed by atoms with Crippen molar-refractivity contribution in [3.8, 4) is 11.5 Å². The molecule has 1 nitrogen and oxygen atoms in total. The van der Waals surface area contributed by atoms with E-state index in [1.165, 1.54) is 30.3 Å². The lowest BCUT2D eigenvalue weighted by molar-refractivity contribution is 0.438. The molecule has 0 saturated carbocycles. The lowest BCUT2D eigenvalue weighted by Crippen LogP contribution is -1.88. The van der Waals surface area contributed by atoms with Crippen molar-refractivity contribution in [2.24, 2.45) is 0 Å². The molecule has 82 valence electrons. The molecule has 0 aliphatic carbocycles. The average molecular weight is 285 g/mol. The van der Waals surface area contributed by atoms with Gasteiger partial charge in [-0.05, 0) is 30.3 Å². The van der Waals surface area contributed by atoms with Gasteiger partial charge in [-0.3, -0.25) is 0 Å². The fourth-order valence-electron chi connectivity index (χ4n) is 1.21. The largest absolute Gasteiger partial charge is 0.454 e. The molecule has 0 bridgehead atoms. The Hall–Kier alpha value is -1.42. The summed E-state index contributed by atoms with van der Waals surface area (Å²) >= 11 is 3.20. The molecule has 0 spiro atoms. The van der Waals surface area contributed by atoms with Gasteiger partial charge in [0.1, 0.15) is 11.6 Å². The summed E-state index contributed by atoms with van der Waals surface area (Å²) in [6.07, 6.45) is 0. The summed E-state index contributed by atoms with van der Waals surface area (Å²) in [6.45, 7) is 0. The predicted molar refractivity (Wildman–Crippen MR) is 60.6 cm³/mol. The van der Waals surface area contributed by atoms with Gasteiger partial charge < -0.3 is 4.74 Å². The van der Waals surface area contributed by atoms with E-state index in [4.69, 9.17) is 4.74 Å². The van der Waals surface area contributed by atoms with Gasteiger partial charge in [0, 0.05) is 10.5 Å². The summed E-state index contributed by atoms with van der Waals surface area (Å²) in [7, 11) is 0. The highest BCUT2D eigenvalue weighted by atomic mass is 79.9. The number of ether oxygens (including phenoxy) is 1. The molecule has 0 saturated heterocycles. The number of hydrogen-bond donors (Lipinski definition) is 0. The molecule has 2 aromatic carbocycles. The summed E-state index contributed by atoms with van der Waals surface area (Å²) in [6, 6.07) is 9.88. The van der Waals surface area contributed by atoms with E-state index in [1.54, 1.807) is 12.1 Å². The topological polar surface area (TPSA) is 9.23 Å². The van der Waals surface area contributed by atoms with Crippen LogP contribution in [0.3, 0.4) is 0 Å². The Bertz CT molecular complexity index is 514. The second kappa shape index (κ2) is 4.61. The highest BCUT2D eigenvalue weighted by molar-refractivity contribution is 9.10. The van der Waals surface area contributed by atoms with Gasteiger partial charge in [-0.15, -0.1) is 0 Å². The average Bonchev–Trinajstić information content (AvgIpc) is 2.24. The van der Waals surface area contributed by atoms with Crippen LogP contribution in [0.1, 0.15) is 0 Å². The van der Waals surface area contributed by atoms with E-state index in [-0.39, 0.29) is 11.5 Å². The third kappa shape index (κ3) is 2.58. The fraction of sp³-hybridized carbons (Fsp3) is 0. The molecule has 0 aliphatic heterocycles. The Balaban J connectivity index is 2.30. The minimum absolute atomic E-state index is 0.0555. The smallest absolute Gasteiger partial charge is 0.165 e. The van der Waals surface area contributed by atoms with Crippen LogP contribution in [0.5, 0.6) is 11.5 Å². The van der Waals surface area contributed by atoms with Gasteiger partial charge in [-0.2, -0.15) is 0 Å². The maximum Gasteiger partial charge on any atom is 0.165 e. The highest BCUT2D eigenvalue weighted by Crippen LogP contribution is 2.27. The van der Waals surface area contributed by atoms with Gasteiger partial charge in [0.15, 0.2) is 11.6 Å². The minimum Gasteiger partial charge on any atom is -0.454 e. The van der Waals surface area contributed by atoms with E-state index in [2.05, 4.69) is 15.9 Å². The fourth-order valence-corrected chi connectivity index (χ4v) is 1.55. The van der Waals surface area contributed by atoms with Gasteiger partial charge in [-0.25, -0.2) is 8.78 Å². The van der Waals surface area contributed by atoms with E-state index in [0.29, 0.717) is 4.47 Å².